The second kappa shape index (κ2) is 5.08. The normalized spacial score (nSPS) is 11.8. The van der Waals surface area contributed by atoms with E-state index in [1.165, 1.54) is 24.3 Å². The zero-order chi connectivity index (χ0) is 12.1. The van der Waals surface area contributed by atoms with Crippen LogP contribution in [0.3, 0.4) is 0 Å². The Labute approximate surface area is 91.5 Å². The number of aliphatic hydroxyl groups is 1. The minimum Gasteiger partial charge on any atom is -0.386 e. The van der Waals surface area contributed by atoms with E-state index in [-0.39, 0.29) is 18.2 Å². The maximum absolute atomic E-state index is 10.4. The Bertz CT molecular complexity index is 398. The van der Waals surface area contributed by atoms with Gasteiger partial charge in [0, 0.05) is 12.1 Å². The van der Waals surface area contributed by atoms with Gasteiger partial charge in [0.2, 0.25) is 0 Å². The monoisotopic (exact) mass is 224 g/mol. The van der Waals surface area contributed by atoms with E-state index < -0.39 is 11.0 Å². The maximum Gasteiger partial charge on any atom is 0.269 e. The van der Waals surface area contributed by atoms with Crippen LogP contribution in [0, 0.1) is 10.1 Å². The zero-order valence-electron chi connectivity index (χ0n) is 8.41. The number of nitrogens with two attached hydrogens (primary N) is 2. The molecule has 1 atom stereocenters. The van der Waals surface area contributed by atoms with Gasteiger partial charge in [0.05, 0.1) is 17.6 Å². The molecule has 16 heavy (non-hydrogen) atoms. The third-order valence-electron chi connectivity index (χ3n) is 1.94. The number of benzene rings is 1. The summed E-state index contributed by atoms with van der Waals surface area (Å²) in [6, 6.07) is 5.55. The molecule has 0 saturated heterocycles. The minimum atomic E-state index is -0.872. The predicted molar refractivity (Wildman–Crippen MR) is 58.7 cm³/mol. The predicted octanol–water partition coefficient (Wildman–Crippen LogP) is -0.0984. The van der Waals surface area contributed by atoms with Crippen LogP contribution in [-0.2, 0) is 0 Å². The molecule has 7 heteroatoms. The Morgan fingerprint density at radius 2 is 2.00 bits per heavy atom. The number of nitro groups is 1. The highest BCUT2D eigenvalue weighted by Crippen LogP contribution is 2.17. The second-order valence-corrected chi connectivity index (χ2v) is 3.13. The SMILES string of the molecule is NC(N)=NC[C@@H](O)c1ccc([N+](=O)[O-])cc1. The van der Waals surface area contributed by atoms with E-state index in [1.54, 1.807) is 0 Å². The number of aliphatic hydroxyl groups excluding tert-OH is 1. The van der Waals surface area contributed by atoms with Crippen molar-refractivity contribution in [2.45, 2.75) is 6.10 Å². The van der Waals surface area contributed by atoms with Gasteiger partial charge in [-0.1, -0.05) is 0 Å². The van der Waals surface area contributed by atoms with Crippen molar-refractivity contribution >= 4 is 11.6 Å². The summed E-state index contributed by atoms with van der Waals surface area (Å²) in [7, 11) is 0. The molecular weight excluding hydrogens is 212 g/mol. The Morgan fingerprint density at radius 1 is 1.44 bits per heavy atom. The Kier molecular flexibility index (Phi) is 3.78. The third kappa shape index (κ3) is 3.21. The van der Waals surface area contributed by atoms with Crippen LogP contribution in [0.2, 0.25) is 0 Å². The lowest BCUT2D eigenvalue weighted by molar-refractivity contribution is -0.384. The summed E-state index contributed by atoms with van der Waals surface area (Å²) in [4.78, 5) is 13.5. The molecule has 0 aliphatic heterocycles. The lowest BCUT2D eigenvalue weighted by atomic mass is 10.1. The van der Waals surface area contributed by atoms with Crippen LogP contribution in [0.25, 0.3) is 0 Å². The second-order valence-electron chi connectivity index (χ2n) is 3.13. The highest BCUT2D eigenvalue weighted by atomic mass is 16.6. The van der Waals surface area contributed by atoms with Crippen molar-refractivity contribution in [1.29, 1.82) is 0 Å². The molecule has 7 nitrogen and oxygen atoms in total. The summed E-state index contributed by atoms with van der Waals surface area (Å²) in [5.41, 5.74) is 10.7. The molecule has 5 N–H and O–H groups in total. The van der Waals surface area contributed by atoms with E-state index in [4.69, 9.17) is 11.5 Å². The number of hydrogen-bond acceptors (Lipinski definition) is 4. The summed E-state index contributed by atoms with van der Waals surface area (Å²) in [6.45, 7) is 0.0279. The topological polar surface area (TPSA) is 128 Å². The van der Waals surface area contributed by atoms with Gasteiger partial charge in [-0.2, -0.15) is 0 Å². The Balaban J connectivity index is 2.74. The van der Waals surface area contributed by atoms with Crippen LogP contribution < -0.4 is 11.5 Å². The first-order valence-electron chi connectivity index (χ1n) is 4.48. The fourth-order valence-electron chi connectivity index (χ4n) is 1.12. The van der Waals surface area contributed by atoms with Crippen molar-refractivity contribution in [1.82, 2.24) is 0 Å². The van der Waals surface area contributed by atoms with Gasteiger partial charge in [0.15, 0.2) is 5.96 Å². The lowest BCUT2D eigenvalue weighted by Gasteiger charge is -2.07. The van der Waals surface area contributed by atoms with E-state index in [9.17, 15) is 15.2 Å². The van der Waals surface area contributed by atoms with Crippen LogP contribution in [0.1, 0.15) is 11.7 Å². The number of aliphatic imine (C=N–C) groups is 1. The summed E-state index contributed by atoms with van der Waals surface area (Å²) in [5, 5.41) is 20.0. The van der Waals surface area contributed by atoms with Crippen LogP contribution >= 0.6 is 0 Å². The molecule has 0 amide bonds. The van der Waals surface area contributed by atoms with Crippen LogP contribution in [0.15, 0.2) is 29.3 Å². The van der Waals surface area contributed by atoms with Gasteiger partial charge in [0.25, 0.3) is 5.69 Å². The van der Waals surface area contributed by atoms with E-state index in [2.05, 4.69) is 4.99 Å². The molecule has 0 bridgehead atoms. The molecule has 0 aromatic heterocycles. The van der Waals surface area contributed by atoms with Crippen molar-refractivity contribution in [3.8, 4) is 0 Å². The average molecular weight is 224 g/mol. The van der Waals surface area contributed by atoms with Crippen LogP contribution in [-0.4, -0.2) is 22.5 Å². The van der Waals surface area contributed by atoms with E-state index in [0.29, 0.717) is 5.56 Å². The average Bonchev–Trinajstić information content (AvgIpc) is 2.26. The first-order valence-corrected chi connectivity index (χ1v) is 4.48. The molecule has 1 aromatic rings. The van der Waals surface area contributed by atoms with Crippen molar-refractivity contribution in [2.24, 2.45) is 16.5 Å². The van der Waals surface area contributed by atoms with Gasteiger partial charge in [-0.15, -0.1) is 0 Å². The standard InChI is InChI=1S/C9H12N4O3/c10-9(11)12-5-8(14)6-1-3-7(4-2-6)13(15)16/h1-4,8,14H,5H2,(H4,10,11,12)/t8-/m1/s1. The molecular formula is C9H12N4O3. The molecule has 0 heterocycles. The Hall–Kier alpha value is -2.15. The number of rotatable bonds is 4. The van der Waals surface area contributed by atoms with Crippen molar-refractivity contribution < 1.29 is 10.0 Å². The Morgan fingerprint density at radius 3 is 2.44 bits per heavy atom. The summed E-state index contributed by atoms with van der Waals surface area (Å²) in [5.74, 6) is -0.110. The highest BCUT2D eigenvalue weighted by Gasteiger charge is 2.09. The first-order chi connectivity index (χ1) is 7.50. The van der Waals surface area contributed by atoms with E-state index >= 15 is 0 Å². The van der Waals surface area contributed by atoms with Crippen molar-refractivity contribution in [3.63, 3.8) is 0 Å². The molecule has 0 radical (unpaired) electrons. The number of nitrogens with zero attached hydrogens (tertiary/aromatic N) is 2. The number of hydrogen-bond donors (Lipinski definition) is 3. The van der Waals surface area contributed by atoms with Gasteiger partial charge in [-0.3, -0.25) is 15.1 Å². The quantitative estimate of drug-likeness (QED) is 0.285. The van der Waals surface area contributed by atoms with Crippen molar-refractivity contribution in [2.75, 3.05) is 6.54 Å². The van der Waals surface area contributed by atoms with Gasteiger partial charge >= 0.3 is 0 Å². The first kappa shape index (κ1) is 11.9. The smallest absolute Gasteiger partial charge is 0.269 e. The van der Waals surface area contributed by atoms with Gasteiger partial charge in [0.1, 0.15) is 0 Å². The van der Waals surface area contributed by atoms with Crippen LogP contribution in [0.5, 0.6) is 0 Å². The molecule has 86 valence electrons. The fraction of sp³-hybridized carbons (Fsp3) is 0.222. The van der Waals surface area contributed by atoms with Gasteiger partial charge in [-0.25, -0.2) is 0 Å². The summed E-state index contributed by atoms with van der Waals surface area (Å²) < 4.78 is 0. The lowest BCUT2D eigenvalue weighted by Crippen LogP contribution is -2.23. The zero-order valence-corrected chi connectivity index (χ0v) is 8.41. The molecule has 0 aliphatic rings. The largest absolute Gasteiger partial charge is 0.386 e. The van der Waals surface area contributed by atoms with E-state index in [1.807, 2.05) is 0 Å². The number of guanidine groups is 1. The minimum absolute atomic E-state index is 0.0279. The van der Waals surface area contributed by atoms with Crippen molar-refractivity contribution in [3.05, 3.63) is 39.9 Å². The maximum atomic E-state index is 10.4. The van der Waals surface area contributed by atoms with E-state index in [0.717, 1.165) is 0 Å². The highest BCUT2D eigenvalue weighted by molar-refractivity contribution is 5.75. The third-order valence-corrected chi connectivity index (χ3v) is 1.94. The summed E-state index contributed by atoms with van der Waals surface area (Å²) in [6.07, 6.45) is -0.872. The molecule has 1 rings (SSSR count). The number of non-ortho nitro benzene ring substituents is 1. The van der Waals surface area contributed by atoms with Crippen LogP contribution in [0.4, 0.5) is 5.69 Å². The van der Waals surface area contributed by atoms with Gasteiger partial charge < -0.3 is 16.6 Å². The molecule has 0 spiro atoms. The molecule has 0 saturated carbocycles. The number of nitro benzene ring substituents is 1. The molecule has 0 unspecified atom stereocenters. The fourth-order valence-corrected chi connectivity index (χ4v) is 1.12. The molecule has 1 aromatic carbocycles. The molecule has 0 fully saturated rings. The van der Waals surface area contributed by atoms with Gasteiger partial charge in [-0.05, 0) is 17.7 Å². The molecule has 0 aliphatic carbocycles. The summed E-state index contributed by atoms with van der Waals surface area (Å²) >= 11 is 0.